The Morgan fingerprint density at radius 3 is 2.52 bits per heavy atom. The molecule has 1 aromatic carbocycles. The summed E-state index contributed by atoms with van der Waals surface area (Å²) in [6.07, 6.45) is 0.739. The lowest BCUT2D eigenvalue weighted by atomic mass is 10.0. The molecule has 1 aliphatic rings. The molecule has 2 aromatic rings. The Labute approximate surface area is 180 Å². The fourth-order valence-electron chi connectivity index (χ4n) is 3.31. The van der Waals surface area contributed by atoms with E-state index in [1.165, 1.54) is 11.3 Å². The zero-order valence-electron chi connectivity index (χ0n) is 17.0. The summed E-state index contributed by atoms with van der Waals surface area (Å²) in [6.45, 7) is 9.25. The van der Waals surface area contributed by atoms with Crippen molar-refractivity contribution in [1.82, 2.24) is 4.90 Å². The van der Waals surface area contributed by atoms with Gasteiger partial charge in [-0.25, -0.2) is 0 Å². The number of anilines is 1. The number of amides is 2. The number of nitrogens with one attached hydrogen (secondary N) is 1. The van der Waals surface area contributed by atoms with Crippen LogP contribution in [0.1, 0.15) is 48.5 Å². The third-order valence-corrected chi connectivity index (χ3v) is 6.41. The Balaban J connectivity index is 1.82. The van der Waals surface area contributed by atoms with Gasteiger partial charge in [-0.05, 0) is 63.9 Å². The van der Waals surface area contributed by atoms with Gasteiger partial charge in [-0.1, -0.05) is 11.6 Å². The second kappa shape index (κ2) is 8.34. The Morgan fingerprint density at radius 1 is 1.28 bits per heavy atom. The molecule has 0 bridgehead atoms. The molecule has 2 amide bonds. The van der Waals surface area contributed by atoms with Gasteiger partial charge < -0.3 is 15.8 Å². The second-order valence-electron chi connectivity index (χ2n) is 7.91. The average molecular weight is 436 g/mol. The Morgan fingerprint density at radius 2 is 1.93 bits per heavy atom. The Hall–Kier alpha value is -2.09. The van der Waals surface area contributed by atoms with E-state index < -0.39 is 11.5 Å². The largest absolute Gasteiger partial charge is 0.478 e. The average Bonchev–Trinajstić information content (AvgIpc) is 3.00. The number of nitrogens with zero attached hydrogens (tertiary/aromatic N) is 1. The van der Waals surface area contributed by atoms with Gasteiger partial charge in [-0.3, -0.25) is 14.5 Å². The van der Waals surface area contributed by atoms with Crippen LogP contribution in [-0.4, -0.2) is 34.9 Å². The maximum atomic E-state index is 12.9. The second-order valence-corrected chi connectivity index (χ2v) is 9.45. The van der Waals surface area contributed by atoms with E-state index >= 15 is 0 Å². The summed E-state index contributed by atoms with van der Waals surface area (Å²) in [5.74, 6) is -0.343. The van der Waals surface area contributed by atoms with Crippen molar-refractivity contribution in [2.24, 2.45) is 5.73 Å². The van der Waals surface area contributed by atoms with E-state index in [2.05, 4.69) is 24.1 Å². The van der Waals surface area contributed by atoms with E-state index in [1.807, 2.05) is 0 Å². The van der Waals surface area contributed by atoms with Crippen molar-refractivity contribution < 1.29 is 14.3 Å². The minimum absolute atomic E-state index is 0.353. The highest BCUT2D eigenvalue weighted by molar-refractivity contribution is 7.17. The van der Waals surface area contributed by atoms with Crippen LogP contribution in [0.3, 0.4) is 0 Å². The lowest BCUT2D eigenvalue weighted by molar-refractivity contribution is -0.128. The molecule has 6 nitrogen and oxygen atoms in total. The topological polar surface area (TPSA) is 84.7 Å². The lowest BCUT2D eigenvalue weighted by Crippen LogP contribution is -2.42. The van der Waals surface area contributed by atoms with Crippen LogP contribution in [0.2, 0.25) is 5.02 Å². The summed E-state index contributed by atoms with van der Waals surface area (Å²) in [5.41, 5.74) is 5.87. The summed E-state index contributed by atoms with van der Waals surface area (Å²) in [7, 11) is 0. The lowest BCUT2D eigenvalue weighted by Gasteiger charge is -2.30. The van der Waals surface area contributed by atoms with Crippen LogP contribution in [0.15, 0.2) is 24.3 Å². The third-order valence-electron chi connectivity index (χ3n) is 5.02. The van der Waals surface area contributed by atoms with Crippen molar-refractivity contribution in [2.75, 3.05) is 11.9 Å². The number of fused-ring (bicyclic) bond motifs is 1. The first kappa shape index (κ1) is 21.6. The highest BCUT2D eigenvalue weighted by atomic mass is 35.5. The fourth-order valence-corrected chi connectivity index (χ4v) is 4.71. The number of hydrogen-bond acceptors (Lipinski definition) is 5. The molecule has 3 rings (SSSR count). The molecule has 0 atom stereocenters. The van der Waals surface area contributed by atoms with Gasteiger partial charge >= 0.3 is 0 Å². The summed E-state index contributed by atoms with van der Waals surface area (Å²) in [4.78, 5) is 28.5. The molecular weight excluding hydrogens is 410 g/mol. The molecule has 2 heterocycles. The molecular formula is C21H26ClN3O3S. The molecule has 0 radical (unpaired) electrons. The van der Waals surface area contributed by atoms with Crippen LogP contribution in [0.25, 0.3) is 0 Å². The van der Waals surface area contributed by atoms with Gasteiger partial charge in [0.1, 0.15) is 10.8 Å². The number of thiophene rings is 1. The molecule has 0 aliphatic carbocycles. The molecule has 0 fully saturated rings. The van der Waals surface area contributed by atoms with Gasteiger partial charge in [0, 0.05) is 29.0 Å². The van der Waals surface area contributed by atoms with E-state index in [-0.39, 0.29) is 5.91 Å². The van der Waals surface area contributed by atoms with E-state index in [9.17, 15) is 9.59 Å². The number of nitrogens with two attached hydrogens (primary N) is 1. The van der Waals surface area contributed by atoms with Crippen molar-refractivity contribution in [3.8, 4) is 5.75 Å². The van der Waals surface area contributed by atoms with Crippen LogP contribution in [0, 0.1) is 0 Å². The minimum Gasteiger partial charge on any atom is -0.478 e. The first-order chi connectivity index (χ1) is 13.6. The zero-order chi connectivity index (χ0) is 21.3. The molecule has 1 aliphatic heterocycles. The number of benzene rings is 1. The van der Waals surface area contributed by atoms with Crippen LogP contribution >= 0.6 is 22.9 Å². The normalized spacial score (nSPS) is 14.6. The van der Waals surface area contributed by atoms with Crippen LogP contribution in [0.5, 0.6) is 5.75 Å². The molecule has 3 N–H and O–H groups in total. The van der Waals surface area contributed by atoms with Crippen molar-refractivity contribution in [2.45, 2.75) is 52.3 Å². The standard InChI is InChI=1S/C21H26ClN3O3S/c1-12(2)25-10-9-15-16(11-25)29-19(17(15)18(23)26)24-20(27)21(3,4)28-14-7-5-13(22)6-8-14/h5-8,12H,9-11H2,1-4H3,(H2,23,26)(H,24,27). The molecule has 0 saturated heterocycles. The zero-order valence-corrected chi connectivity index (χ0v) is 18.6. The van der Waals surface area contributed by atoms with Gasteiger partial charge in [0.25, 0.3) is 11.8 Å². The maximum Gasteiger partial charge on any atom is 0.268 e. The number of hydrogen-bond donors (Lipinski definition) is 2. The van der Waals surface area contributed by atoms with Crippen LogP contribution < -0.4 is 15.8 Å². The molecule has 0 spiro atoms. The number of carbonyl (C=O) groups is 2. The summed E-state index contributed by atoms with van der Waals surface area (Å²) in [6, 6.07) is 7.22. The van der Waals surface area contributed by atoms with Crippen molar-refractivity contribution in [3.63, 3.8) is 0 Å². The van der Waals surface area contributed by atoms with E-state index in [0.717, 1.165) is 30.0 Å². The highest BCUT2D eigenvalue weighted by Gasteiger charge is 2.34. The smallest absolute Gasteiger partial charge is 0.268 e. The molecule has 1 aromatic heterocycles. The number of carbonyl (C=O) groups excluding carboxylic acids is 2. The predicted molar refractivity (Wildman–Crippen MR) is 117 cm³/mol. The molecule has 8 heteroatoms. The van der Waals surface area contributed by atoms with Crippen molar-refractivity contribution in [3.05, 3.63) is 45.3 Å². The first-order valence-corrected chi connectivity index (χ1v) is 10.7. The van der Waals surface area contributed by atoms with Gasteiger partial charge in [0.2, 0.25) is 0 Å². The number of ether oxygens (including phenoxy) is 1. The SMILES string of the molecule is CC(C)N1CCc2c(sc(NC(=O)C(C)(C)Oc3ccc(Cl)cc3)c2C(N)=O)C1. The highest BCUT2D eigenvalue weighted by Crippen LogP contribution is 2.38. The summed E-state index contributed by atoms with van der Waals surface area (Å²) >= 11 is 7.32. The predicted octanol–water partition coefficient (Wildman–Crippen LogP) is 4.06. The molecule has 29 heavy (non-hydrogen) atoms. The van der Waals surface area contributed by atoms with E-state index in [1.54, 1.807) is 38.1 Å². The Kier molecular flexibility index (Phi) is 6.22. The summed E-state index contributed by atoms with van der Waals surface area (Å²) < 4.78 is 5.85. The third kappa shape index (κ3) is 4.74. The van der Waals surface area contributed by atoms with Gasteiger partial charge in [-0.15, -0.1) is 11.3 Å². The van der Waals surface area contributed by atoms with Gasteiger partial charge in [0.05, 0.1) is 5.56 Å². The quantitative estimate of drug-likeness (QED) is 0.716. The number of halogens is 1. The fraction of sp³-hybridized carbons (Fsp3) is 0.429. The van der Waals surface area contributed by atoms with Crippen molar-refractivity contribution in [1.29, 1.82) is 0 Å². The summed E-state index contributed by atoms with van der Waals surface area (Å²) in [5, 5.41) is 3.95. The van der Waals surface area contributed by atoms with Gasteiger partial charge in [-0.2, -0.15) is 0 Å². The molecule has 156 valence electrons. The number of rotatable bonds is 6. The molecule has 0 saturated carbocycles. The minimum atomic E-state index is -1.16. The monoisotopic (exact) mass is 435 g/mol. The first-order valence-electron chi connectivity index (χ1n) is 9.53. The van der Waals surface area contributed by atoms with Crippen LogP contribution in [-0.2, 0) is 17.8 Å². The van der Waals surface area contributed by atoms with Crippen LogP contribution in [0.4, 0.5) is 5.00 Å². The Bertz CT molecular complexity index is 922. The number of primary amides is 1. The van der Waals surface area contributed by atoms with Crippen molar-refractivity contribution >= 4 is 39.8 Å². The van der Waals surface area contributed by atoms with Gasteiger partial charge in [0.15, 0.2) is 5.60 Å². The van der Waals surface area contributed by atoms with E-state index in [0.29, 0.717) is 27.4 Å². The van der Waals surface area contributed by atoms with E-state index in [4.69, 9.17) is 22.1 Å². The maximum absolute atomic E-state index is 12.9. The molecule has 0 unspecified atom stereocenters.